The minimum atomic E-state index is -0.184. The van der Waals surface area contributed by atoms with Crippen molar-refractivity contribution >= 4 is 35.0 Å². The number of imide groups is 1. The van der Waals surface area contributed by atoms with Gasteiger partial charge >= 0.3 is 0 Å². The van der Waals surface area contributed by atoms with Gasteiger partial charge in [-0.25, -0.2) is 0 Å². The Morgan fingerprint density at radius 3 is 2.04 bits per heavy atom. The molecule has 0 atom stereocenters. The lowest BCUT2D eigenvalue weighted by Crippen LogP contribution is -2.30. The zero-order valence-electron chi connectivity index (χ0n) is 12.9. The third-order valence-electron chi connectivity index (χ3n) is 3.43. The predicted molar refractivity (Wildman–Crippen MR) is 84.6 cm³/mol. The van der Waals surface area contributed by atoms with Gasteiger partial charge in [0.05, 0.1) is 0 Å². The van der Waals surface area contributed by atoms with E-state index >= 15 is 0 Å². The molecule has 0 bridgehead atoms. The fraction of sp³-hybridized carbons (Fsp3) is 0.375. The quantitative estimate of drug-likeness (QED) is 0.777. The maximum absolute atomic E-state index is 11.8. The number of carbonyl (C=O) groups excluding carboxylic acids is 4. The molecule has 1 aromatic carbocycles. The highest BCUT2D eigenvalue weighted by Crippen LogP contribution is 2.15. The smallest absolute Gasteiger partial charge is 0.229 e. The fourth-order valence-electron chi connectivity index (χ4n) is 2.33. The fourth-order valence-corrected chi connectivity index (χ4v) is 2.33. The first-order valence-corrected chi connectivity index (χ1v) is 7.46. The van der Waals surface area contributed by atoms with E-state index in [0.29, 0.717) is 17.8 Å². The highest BCUT2D eigenvalue weighted by molar-refractivity contribution is 6.02. The van der Waals surface area contributed by atoms with Crippen LogP contribution in [0.2, 0.25) is 0 Å². The molecule has 1 aliphatic heterocycles. The van der Waals surface area contributed by atoms with Crippen molar-refractivity contribution in [2.24, 2.45) is 0 Å². The van der Waals surface area contributed by atoms with Crippen LogP contribution in [0.3, 0.4) is 0 Å². The summed E-state index contributed by atoms with van der Waals surface area (Å²) in [6, 6.07) is 6.77. The Morgan fingerprint density at radius 2 is 1.52 bits per heavy atom. The van der Waals surface area contributed by atoms with Gasteiger partial charge in [-0.15, -0.1) is 0 Å². The number of benzene rings is 1. The summed E-state index contributed by atoms with van der Waals surface area (Å²) in [5.74, 6) is -0.669. The third kappa shape index (κ3) is 4.91. The Balaban J connectivity index is 1.75. The van der Waals surface area contributed by atoms with E-state index in [4.69, 9.17) is 0 Å². The minimum Gasteiger partial charge on any atom is -0.326 e. The number of nitrogens with zero attached hydrogens (tertiary/aromatic N) is 1. The number of hydrogen-bond acceptors (Lipinski definition) is 4. The van der Waals surface area contributed by atoms with Crippen molar-refractivity contribution in [3.05, 3.63) is 24.3 Å². The van der Waals surface area contributed by atoms with E-state index in [1.54, 1.807) is 24.3 Å². The van der Waals surface area contributed by atoms with Crippen LogP contribution in [0.15, 0.2) is 24.3 Å². The van der Waals surface area contributed by atoms with Crippen LogP contribution in [0.25, 0.3) is 0 Å². The number of rotatable bonds is 6. The van der Waals surface area contributed by atoms with Crippen molar-refractivity contribution in [1.82, 2.24) is 4.90 Å². The van der Waals surface area contributed by atoms with Crippen LogP contribution in [-0.4, -0.2) is 35.1 Å². The highest BCUT2D eigenvalue weighted by atomic mass is 16.2. The summed E-state index contributed by atoms with van der Waals surface area (Å²) in [6.45, 7) is 1.71. The van der Waals surface area contributed by atoms with Gasteiger partial charge in [0.15, 0.2) is 0 Å². The summed E-state index contributed by atoms with van der Waals surface area (Å²) in [7, 11) is 0. The highest BCUT2D eigenvalue weighted by Gasteiger charge is 2.28. The Hall–Kier alpha value is -2.70. The molecule has 0 saturated carbocycles. The van der Waals surface area contributed by atoms with Gasteiger partial charge in [0.2, 0.25) is 23.6 Å². The van der Waals surface area contributed by atoms with Gasteiger partial charge in [-0.3, -0.25) is 24.1 Å². The van der Waals surface area contributed by atoms with Crippen molar-refractivity contribution in [3.63, 3.8) is 0 Å². The first-order chi connectivity index (χ1) is 11.0. The number of nitrogens with one attached hydrogen (secondary N) is 2. The van der Waals surface area contributed by atoms with Crippen LogP contribution in [-0.2, 0) is 19.2 Å². The normalized spacial score (nSPS) is 14.0. The zero-order valence-corrected chi connectivity index (χ0v) is 12.9. The Labute approximate surface area is 134 Å². The molecular weight excluding hydrogens is 298 g/mol. The van der Waals surface area contributed by atoms with E-state index in [0.717, 1.165) is 0 Å². The molecule has 4 amide bonds. The molecule has 0 radical (unpaired) electrons. The average Bonchev–Trinajstić information content (AvgIpc) is 2.80. The van der Waals surface area contributed by atoms with Crippen LogP contribution in [0.1, 0.15) is 32.6 Å². The van der Waals surface area contributed by atoms with Crippen LogP contribution in [0.4, 0.5) is 11.4 Å². The van der Waals surface area contributed by atoms with Crippen LogP contribution < -0.4 is 10.6 Å². The first kappa shape index (κ1) is 16.7. The number of likely N-dealkylation sites (tertiary alicyclic amines) is 1. The predicted octanol–water partition coefficient (Wildman–Crippen LogP) is 1.51. The molecule has 1 saturated heterocycles. The van der Waals surface area contributed by atoms with Gasteiger partial charge in [-0.05, 0) is 30.7 Å². The molecule has 2 rings (SSSR count). The third-order valence-corrected chi connectivity index (χ3v) is 3.43. The van der Waals surface area contributed by atoms with E-state index in [1.165, 1.54) is 11.8 Å². The average molecular weight is 317 g/mol. The first-order valence-electron chi connectivity index (χ1n) is 7.46. The molecule has 0 spiro atoms. The number of amides is 4. The summed E-state index contributed by atoms with van der Waals surface area (Å²) < 4.78 is 0. The van der Waals surface area contributed by atoms with Crippen molar-refractivity contribution < 1.29 is 19.2 Å². The maximum Gasteiger partial charge on any atom is 0.229 e. The van der Waals surface area contributed by atoms with Crippen molar-refractivity contribution in [1.29, 1.82) is 0 Å². The summed E-state index contributed by atoms with van der Waals surface area (Å²) in [6.07, 6.45) is 1.20. The Morgan fingerprint density at radius 1 is 1.00 bits per heavy atom. The molecule has 7 heteroatoms. The van der Waals surface area contributed by atoms with Crippen molar-refractivity contribution in [3.8, 4) is 0 Å². The van der Waals surface area contributed by atoms with Crippen molar-refractivity contribution in [2.45, 2.75) is 32.6 Å². The summed E-state index contributed by atoms with van der Waals surface area (Å²) in [5.41, 5.74) is 1.28. The molecule has 7 nitrogen and oxygen atoms in total. The molecule has 0 aliphatic carbocycles. The Kier molecular flexibility index (Phi) is 5.46. The van der Waals surface area contributed by atoms with Gasteiger partial charge in [-0.1, -0.05) is 0 Å². The molecule has 122 valence electrons. The van der Waals surface area contributed by atoms with E-state index in [9.17, 15) is 19.2 Å². The SMILES string of the molecule is CC(=O)Nc1ccc(NC(=O)CCCN2C(=O)CCC2=O)cc1. The lowest BCUT2D eigenvalue weighted by Gasteiger charge is -2.13. The molecule has 23 heavy (non-hydrogen) atoms. The number of hydrogen-bond donors (Lipinski definition) is 2. The summed E-state index contributed by atoms with van der Waals surface area (Å²) >= 11 is 0. The van der Waals surface area contributed by atoms with Gasteiger partial charge in [0.1, 0.15) is 0 Å². The minimum absolute atomic E-state index is 0.159. The van der Waals surface area contributed by atoms with Gasteiger partial charge in [-0.2, -0.15) is 0 Å². The molecule has 1 aromatic rings. The second-order valence-electron chi connectivity index (χ2n) is 5.35. The molecule has 1 aliphatic rings. The largest absolute Gasteiger partial charge is 0.326 e. The maximum atomic E-state index is 11.8. The summed E-state index contributed by atoms with van der Waals surface area (Å²) in [4.78, 5) is 46.8. The second kappa shape index (κ2) is 7.53. The monoisotopic (exact) mass is 317 g/mol. The van der Waals surface area contributed by atoms with E-state index < -0.39 is 0 Å². The van der Waals surface area contributed by atoms with Gasteiger partial charge in [0.25, 0.3) is 0 Å². The second-order valence-corrected chi connectivity index (χ2v) is 5.35. The molecular formula is C16H19N3O4. The number of carbonyl (C=O) groups is 4. The zero-order chi connectivity index (χ0) is 16.8. The molecule has 0 aromatic heterocycles. The van der Waals surface area contributed by atoms with E-state index in [1.807, 2.05) is 0 Å². The Bertz CT molecular complexity index is 609. The number of anilines is 2. The standard InChI is InChI=1S/C16H19N3O4/c1-11(20)17-12-4-6-13(7-5-12)18-14(21)3-2-10-19-15(22)8-9-16(19)23/h4-7H,2-3,8-10H2,1H3,(H,17,20)(H,18,21). The molecule has 1 fully saturated rings. The van der Waals surface area contributed by atoms with Crippen LogP contribution in [0, 0.1) is 0 Å². The van der Waals surface area contributed by atoms with E-state index in [-0.39, 0.29) is 49.4 Å². The lowest BCUT2D eigenvalue weighted by atomic mass is 10.2. The molecule has 1 heterocycles. The van der Waals surface area contributed by atoms with E-state index in [2.05, 4.69) is 10.6 Å². The lowest BCUT2D eigenvalue weighted by molar-refractivity contribution is -0.138. The van der Waals surface area contributed by atoms with Crippen LogP contribution in [0.5, 0.6) is 0 Å². The van der Waals surface area contributed by atoms with Gasteiger partial charge in [0, 0.05) is 44.1 Å². The van der Waals surface area contributed by atoms with Crippen molar-refractivity contribution in [2.75, 3.05) is 17.2 Å². The molecule has 2 N–H and O–H groups in total. The van der Waals surface area contributed by atoms with Crippen LogP contribution >= 0.6 is 0 Å². The topological polar surface area (TPSA) is 95.6 Å². The summed E-state index contributed by atoms with van der Waals surface area (Å²) in [5, 5.41) is 5.37. The van der Waals surface area contributed by atoms with Gasteiger partial charge < -0.3 is 10.6 Å². The molecule has 0 unspecified atom stereocenters.